The molecule has 1 N–H and O–H groups in total. The van der Waals surface area contributed by atoms with E-state index in [4.69, 9.17) is 4.74 Å². The lowest BCUT2D eigenvalue weighted by Gasteiger charge is -2.27. The molecular formula is C18H23NO. The summed E-state index contributed by atoms with van der Waals surface area (Å²) in [5.74, 6) is 0. The average molecular weight is 269 g/mol. The molecule has 0 spiro atoms. The van der Waals surface area contributed by atoms with Gasteiger partial charge in [-0.25, -0.2) is 0 Å². The van der Waals surface area contributed by atoms with Gasteiger partial charge in [-0.15, -0.1) is 0 Å². The predicted molar refractivity (Wildman–Crippen MR) is 83.8 cm³/mol. The summed E-state index contributed by atoms with van der Waals surface area (Å²) in [6.45, 7) is 5.14. The molecule has 2 heteroatoms. The first-order chi connectivity index (χ1) is 9.76. The minimum atomic E-state index is 0.0128. The zero-order valence-electron chi connectivity index (χ0n) is 12.5. The first-order valence-corrected chi connectivity index (χ1v) is 7.14. The summed E-state index contributed by atoms with van der Waals surface area (Å²) >= 11 is 0. The van der Waals surface area contributed by atoms with Crippen LogP contribution in [-0.2, 0) is 4.74 Å². The van der Waals surface area contributed by atoms with Crippen LogP contribution in [0.2, 0.25) is 0 Å². The second-order valence-corrected chi connectivity index (χ2v) is 5.01. The monoisotopic (exact) mass is 269 g/mol. The summed E-state index contributed by atoms with van der Waals surface area (Å²) in [6.07, 6.45) is 0.0128. The standard InChI is InChI=1S/C18H23NO/c1-4-19-17(15-12-10-14(2)11-13-15)18(20-3)16-8-6-5-7-9-16/h5-13,17-19H,4H2,1-3H3. The van der Waals surface area contributed by atoms with Crippen molar-refractivity contribution in [1.82, 2.24) is 5.32 Å². The largest absolute Gasteiger partial charge is 0.375 e. The van der Waals surface area contributed by atoms with Crippen LogP contribution in [0.25, 0.3) is 0 Å². The van der Waals surface area contributed by atoms with Crippen LogP contribution in [0, 0.1) is 6.92 Å². The van der Waals surface area contributed by atoms with Gasteiger partial charge in [0.25, 0.3) is 0 Å². The lowest BCUT2D eigenvalue weighted by Crippen LogP contribution is -2.28. The molecule has 0 aliphatic rings. The predicted octanol–water partition coefficient (Wildman–Crippen LogP) is 4.03. The molecule has 0 amide bonds. The van der Waals surface area contributed by atoms with Gasteiger partial charge in [-0.05, 0) is 24.6 Å². The maximum absolute atomic E-state index is 5.77. The van der Waals surface area contributed by atoms with E-state index in [1.165, 1.54) is 16.7 Å². The van der Waals surface area contributed by atoms with Gasteiger partial charge in [-0.1, -0.05) is 67.1 Å². The zero-order chi connectivity index (χ0) is 14.4. The summed E-state index contributed by atoms with van der Waals surface area (Å²) in [7, 11) is 1.77. The maximum atomic E-state index is 5.77. The summed E-state index contributed by atoms with van der Waals surface area (Å²) in [5, 5.41) is 3.54. The van der Waals surface area contributed by atoms with Gasteiger partial charge in [0.15, 0.2) is 0 Å². The number of rotatable bonds is 6. The molecule has 2 atom stereocenters. The van der Waals surface area contributed by atoms with Crippen molar-refractivity contribution in [2.24, 2.45) is 0 Å². The maximum Gasteiger partial charge on any atom is 0.102 e. The minimum Gasteiger partial charge on any atom is -0.375 e. The molecule has 0 heterocycles. The third-order valence-electron chi connectivity index (χ3n) is 3.55. The molecule has 0 aromatic heterocycles. The molecule has 2 aromatic carbocycles. The van der Waals surface area contributed by atoms with Crippen LogP contribution in [0.4, 0.5) is 0 Å². The zero-order valence-corrected chi connectivity index (χ0v) is 12.5. The van der Waals surface area contributed by atoms with E-state index in [2.05, 4.69) is 67.7 Å². The molecule has 0 saturated heterocycles. The van der Waals surface area contributed by atoms with Crippen molar-refractivity contribution >= 4 is 0 Å². The first kappa shape index (κ1) is 14.8. The molecule has 2 nitrogen and oxygen atoms in total. The van der Waals surface area contributed by atoms with Gasteiger partial charge in [0.2, 0.25) is 0 Å². The molecule has 2 unspecified atom stereocenters. The van der Waals surface area contributed by atoms with Crippen molar-refractivity contribution in [3.8, 4) is 0 Å². The van der Waals surface area contributed by atoms with Gasteiger partial charge in [-0.2, -0.15) is 0 Å². The summed E-state index contributed by atoms with van der Waals surface area (Å²) in [4.78, 5) is 0. The van der Waals surface area contributed by atoms with Crippen LogP contribution < -0.4 is 5.32 Å². The molecule has 0 aliphatic carbocycles. The molecule has 2 aromatic rings. The minimum absolute atomic E-state index is 0.0128. The molecule has 20 heavy (non-hydrogen) atoms. The number of ether oxygens (including phenoxy) is 1. The van der Waals surface area contributed by atoms with E-state index in [0.717, 1.165) is 6.54 Å². The fraction of sp³-hybridized carbons (Fsp3) is 0.333. The van der Waals surface area contributed by atoms with Crippen LogP contribution in [0.1, 0.15) is 35.8 Å². The van der Waals surface area contributed by atoms with Gasteiger partial charge in [-0.3, -0.25) is 0 Å². The van der Waals surface area contributed by atoms with Crippen LogP contribution in [0.3, 0.4) is 0 Å². The third-order valence-corrected chi connectivity index (χ3v) is 3.55. The number of methoxy groups -OCH3 is 1. The number of nitrogens with one attached hydrogen (secondary N) is 1. The lowest BCUT2D eigenvalue weighted by atomic mass is 9.95. The highest BCUT2D eigenvalue weighted by atomic mass is 16.5. The summed E-state index contributed by atoms with van der Waals surface area (Å²) in [5.41, 5.74) is 3.73. The number of hydrogen-bond acceptors (Lipinski definition) is 2. The van der Waals surface area contributed by atoms with E-state index in [9.17, 15) is 0 Å². The Hall–Kier alpha value is -1.64. The highest BCUT2D eigenvalue weighted by Crippen LogP contribution is 2.31. The molecule has 106 valence electrons. The Bertz CT molecular complexity index is 507. The lowest BCUT2D eigenvalue weighted by molar-refractivity contribution is 0.0681. The van der Waals surface area contributed by atoms with Gasteiger partial charge >= 0.3 is 0 Å². The Morgan fingerprint density at radius 3 is 2.15 bits per heavy atom. The van der Waals surface area contributed by atoms with E-state index in [1.807, 2.05) is 6.07 Å². The highest BCUT2D eigenvalue weighted by molar-refractivity contribution is 5.28. The van der Waals surface area contributed by atoms with Crippen molar-refractivity contribution < 1.29 is 4.74 Å². The number of benzene rings is 2. The average Bonchev–Trinajstić information content (AvgIpc) is 2.49. The fourth-order valence-electron chi connectivity index (χ4n) is 2.50. The molecule has 0 fully saturated rings. The van der Waals surface area contributed by atoms with Crippen molar-refractivity contribution in [3.63, 3.8) is 0 Å². The van der Waals surface area contributed by atoms with Crippen LogP contribution >= 0.6 is 0 Å². The van der Waals surface area contributed by atoms with Gasteiger partial charge in [0.05, 0.1) is 6.04 Å². The summed E-state index contributed by atoms with van der Waals surface area (Å²) in [6, 6.07) is 19.2. The Labute approximate surface area is 121 Å². The Balaban J connectivity index is 2.33. The molecule has 0 saturated carbocycles. The molecule has 2 rings (SSSR count). The van der Waals surface area contributed by atoms with Crippen molar-refractivity contribution in [1.29, 1.82) is 0 Å². The smallest absolute Gasteiger partial charge is 0.102 e. The number of likely N-dealkylation sites (N-methyl/N-ethyl adjacent to an activating group) is 1. The topological polar surface area (TPSA) is 21.3 Å². The first-order valence-electron chi connectivity index (χ1n) is 7.14. The quantitative estimate of drug-likeness (QED) is 0.854. The second kappa shape index (κ2) is 7.22. The molecule has 0 bridgehead atoms. The normalized spacial score (nSPS) is 13.9. The van der Waals surface area contributed by atoms with E-state index in [1.54, 1.807) is 7.11 Å². The van der Waals surface area contributed by atoms with Crippen LogP contribution in [0.15, 0.2) is 54.6 Å². The molecule has 0 radical (unpaired) electrons. The van der Waals surface area contributed by atoms with Crippen molar-refractivity contribution in [2.45, 2.75) is 26.0 Å². The van der Waals surface area contributed by atoms with E-state index in [-0.39, 0.29) is 12.1 Å². The van der Waals surface area contributed by atoms with Crippen LogP contribution in [0.5, 0.6) is 0 Å². The fourth-order valence-corrected chi connectivity index (χ4v) is 2.50. The van der Waals surface area contributed by atoms with Gasteiger partial charge < -0.3 is 10.1 Å². The van der Waals surface area contributed by atoms with Gasteiger partial charge in [0.1, 0.15) is 6.10 Å². The Morgan fingerprint density at radius 2 is 1.60 bits per heavy atom. The number of hydrogen-bond donors (Lipinski definition) is 1. The highest BCUT2D eigenvalue weighted by Gasteiger charge is 2.23. The number of aryl methyl sites for hydroxylation is 1. The van der Waals surface area contributed by atoms with E-state index in [0.29, 0.717) is 0 Å². The Morgan fingerprint density at radius 1 is 0.950 bits per heavy atom. The third kappa shape index (κ3) is 3.47. The van der Waals surface area contributed by atoms with Crippen molar-refractivity contribution in [2.75, 3.05) is 13.7 Å². The van der Waals surface area contributed by atoms with Crippen LogP contribution in [-0.4, -0.2) is 13.7 Å². The Kier molecular flexibility index (Phi) is 5.33. The summed E-state index contributed by atoms with van der Waals surface area (Å²) < 4.78 is 5.77. The molecular weight excluding hydrogens is 246 g/mol. The van der Waals surface area contributed by atoms with E-state index < -0.39 is 0 Å². The van der Waals surface area contributed by atoms with Crippen molar-refractivity contribution in [3.05, 3.63) is 71.3 Å². The SMILES string of the molecule is CCNC(c1ccc(C)cc1)C(OC)c1ccccc1. The second-order valence-electron chi connectivity index (χ2n) is 5.01. The van der Waals surface area contributed by atoms with E-state index >= 15 is 0 Å². The van der Waals surface area contributed by atoms with Gasteiger partial charge in [0, 0.05) is 7.11 Å². The molecule has 0 aliphatic heterocycles.